The molecule has 492 valence electrons. The zero-order chi connectivity index (χ0) is 69.5. The molecule has 7 N–H and O–H groups in total. The number of halogens is 8. The molecule has 16 nitrogen and oxygen atoms in total. The van der Waals surface area contributed by atoms with Crippen LogP contribution in [0.4, 0.5) is 76.2 Å². The minimum atomic E-state index is -5.08. The molecule has 24 heteroatoms. The lowest BCUT2D eigenvalue weighted by Gasteiger charge is -2.12. The van der Waals surface area contributed by atoms with Crippen LogP contribution in [-0.4, -0.2) is 75.7 Å². The van der Waals surface area contributed by atoms with Crippen molar-refractivity contribution in [2.24, 2.45) is 0 Å². The molecule has 0 radical (unpaired) electrons. The Kier molecular flexibility index (Phi) is 25.5. The minimum Gasteiger partial charge on any atom is -0.481 e. The fourth-order valence-corrected chi connectivity index (χ4v) is 8.82. The largest absolute Gasteiger partial charge is 0.490 e. The van der Waals surface area contributed by atoms with E-state index in [-0.39, 0.29) is 34.4 Å². The Morgan fingerprint density at radius 2 is 0.635 bits per heavy atom. The Labute approximate surface area is 554 Å². The maximum atomic E-state index is 13.0. The molecule has 0 amide bonds. The van der Waals surface area contributed by atoms with Gasteiger partial charge in [-0.05, 0) is 199 Å². The maximum absolute atomic E-state index is 13.0. The molecule has 8 aromatic carbocycles. The van der Waals surface area contributed by atoms with Crippen molar-refractivity contribution in [3.05, 3.63) is 275 Å². The van der Waals surface area contributed by atoms with Crippen LogP contribution in [0.3, 0.4) is 0 Å². The molecule has 0 saturated heterocycles. The average molecular weight is 1380 g/mol. The van der Waals surface area contributed by atoms with Gasteiger partial charge in [0.05, 0.1) is 43.8 Å². The van der Waals surface area contributed by atoms with Crippen LogP contribution in [0.25, 0.3) is 33.4 Å². The highest BCUT2D eigenvalue weighted by Gasteiger charge is 2.38. The standard InChI is InChI=1S/2C19H15FN2O3.C19H17FN2O.C13H11BrFN.C2HF3O2/c2*1-25-18-9-3-13(11-21-18)12-2-8-16(19(23)24)17(10-12)22-15-6-4-14(20)5-7-15;1-13-3-4-14(15-5-10-19(23-2)21-12-15)11-18(13)22-17-8-6-16(20)7-9-17;1-9-2-3-10(14)8-13(9)16-12-6-4-11(15)5-7-12;3-2(4,5)1(6)7/h2*2-11,22H,1H3,(H,23,24);3-12,22H,1-2H3;2-8,16H,1H3;(H,6,7). The number of methoxy groups -OCH3 is 3. The first-order valence-corrected chi connectivity index (χ1v) is 29.2. The summed E-state index contributed by atoms with van der Waals surface area (Å²) in [6.07, 6.45) is -0.00225. The lowest BCUT2D eigenvalue weighted by molar-refractivity contribution is -0.192. The first kappa shape index (κ1) is 71.6. The first-order chi connectivity index (χ1) is 45.9. The zero-order valence-corrected chi connectivity index (χ0v) is 53.1. The molecule has 0 aliphatic carbocycles. The Hall–Kier alpha value is -11.8. The van der Waals surface area contributed by atoms with E-state index in [0.717, 1.165) is 71.7 Å². The predicted octanol–water partition coefficient (Wildman–Crippen LogP) is 18.9. The van der Waals surface area contributed by atoms with E-state index in [0.29, 0.717) is 40.4 Å². The van der Waals surface area contributed by atoms with E-state index < -0.39 is 24.1 Å². The van der Waals surface area contributed by atoms with Crippen LogP contribution < -0.4 is 35.5 Å². The van der Waals surface area contributed by atoms with Crippen molar-refractivity contribution < 1.29 is 74.6 Å². The molecule has 0 unspecified atom stereocenters. The highest BCUT2D eigenvalue weighted by Crippen LogP contribution is 2.33. The fourth-order valence-electron chi connectivity index (χ4n) is 8.46. The lowest BCUT2D eigenvalue weighted by Crippen LogP contribution is -2.21. The van der Waals surface area contributed by atoms with E-state index in [4.69, 9.17) is 24.1 Å². The van der Waals surface area contributed by atoms with Crippen LogP contribution in [0.15, 0.2) is 229 Å². The third-order valence-corrected chi connectivity index (χ3v) is 14.0. The number of rotatable bonds is 16. The number of nitrogens with one attached hydrogen (secondary N) is 4. The molecule has 0 bridgehead atoms. The third kappa shape index (κ3) is 21.7. The molecule has 0 atom stereocenters. The molecule has 0 aliphatic heterocycles. The van der Waals surface area contributed by atoms with Gasteiger partial charge in [-0.25, -0.2) is 46.9 Å². The lowest BCUT2D eigenvalue weighted by atomic mass is 10.0. The number of hydrogen-bond donors (Lipinski definition) is 7. The number of aromatic nitrogens is 3. The van der Waals surface area contributed by atoms with Crippen LogP contribution >= 0.6 is 15.9 Å². The molecule has 3 heterocycles. The summed E-state index contributed by atoms with van der Waals surface area (Å²) in [6.45, 7) is 4.06. The molecule has 0 saturated carbocycles. The van der Waals surface area contributed by atoms with E-state index in [2.05, 4.69) is 64.3 Å². The average Bonchev–Trinajstić information content (AvgIpc) is 0.901. The number of ether oxygens (including phenoxy) is 3. The van der Waals surface area contributed by atoms with Gasteiger partial charge in [0.15, 0.2) is 0 Å². The third-order valence-electron chi connectivity index (χ3n) is 13.5. The van der Waals surface area contributed by atoms with Gasteiger partial charge in [0.1, 0.15) is 23.3 Å². The van der Waals surface area contributed by atoms with Crippen molar-refractivity contribution >= 4 is 79.3 Å². The number of carbonyl (C=O) groups is 3. The van der Waals surface area contributed by atoms with Crippen molar-refractivity contribution in [1.82, 2.24) is 15.0 Å². The molecule has 96 heavy (non-hydrogen) atoms. The van der Waals surface area contributed by atoms with E-state index in [1.54, 1.807) is 111 Å². The topological polar surface area (TPSA) is 226 Å². The number of nitrogens with zero attached hydrogens (tertiary/aromatic N) is 3. The normalized spacial score (nSPS) is 10.4. The van der Waals surface area contributed by atoms with Crippen LogP contribution in [0.5, 0.6) is 17.6 Å². The second-order valence-electron chi connectivity index (χ2n) is 20.2. The highest BCUT2D eigenvalue weighted by molar-refractivity contribution is 9.10. The number of anilines is 8. The van der Waals surface area contributed by atoms with Crippen molar-refractivity contribution in [2.75, 3.05) is 42.6 Å². The van der Waals surface area contributed by atoms with E-state index in [1.165, 1.54) is 74.9 Å². The summed E-state index contributed by atoms with van der Waals surface area (Å²) < 4.78 is 99.7. The Morgan fingerprint density at radius 1 is 0.375 bits per heavy atom. The summed E-state index contributed by atoms with van der Waals surface area (Å²) in [6, 6.07) is 57.0. The molecule has 0 fully saturated rings. The second-order valence-corrected chi connectivity index (χ2v) is 21.1. The van der Waals surface area contributed by atoms with Gasteiger partial charge < -0.3 is 50.8 Å². The van der Waals surface area contributed by atoms with E-state index in [1.807, 2.05) is 62.4 Å². The second kappa shape index (κ2) is 34.2. The van der Waals surface area contributed by atoms with E-state index in [9.17, 15) is 50.5 Å². The van der Waals surface area contributed by atoms with Crippen molar-refractivity contribution in [2.45, 2.75) is 20.0 Å². The summed E-state index contributed by atoms with van der Waals surface area (Å²) in [5.74, 6) is -4.47. The van der Waals surface area contributed by atoms with Crippen LogP contribution in [0, 0.1) is 37.1 Å². The minimum absolute atomic E-state index is 0.120. The smallest absolute Gasteiger partial charge is 0.481 e. The molecule has 3 aromatic heterocycles. The number of benzene rings is 8. The highest BCUT2D eigenvalue weighted by atomic mass is 79.9. The predicted molar refractivity (Wildman–Crippen MR) is 359 cm³/mol. The van der Waals surface area contributed by atoms with Crippen molar-refractivity contribution in [3.8, 4) is 51.0 Å². The van der Waals surface area contributed by atoms with Gasteiger partial charge in [-0.2, -0.15) is 13.2 Å². The number of carboxylic acid groups (broad SMARTS) is 3. The first-order valence-electron chi connectivity index (χ1n) is 28.4. The van der Waals surface area contributed by atoms with Crippen molar-refractivity contribution in [1.29, 1.82) is 0 Å². The Morgan fingerprint density at radius 3 is 0.906 bits per heavy atom. The number of hydrogen-bond acceptors (Lipinski definition) is 13. The Balaban J connectivity index is 0.000000176. The molecule has 11 rings (SSSR count). The summed E-state index contributed by atoms with van der Waals surface area (Å²) in [5.41, 5.74) is 13.5. The number of aryl methyl sites for hydroxylation is 2. The SMILES string of the molecule is COc1ccc(-c2ccc(C(=O)O)c(Nc3ccc(F)cc3)c2)cn1.COc1ccc(-c2ccc(C(=O)O)c(Nc3ccc(F)cc3)c2)cn1.COc1ccc(-c2ccc(C)c(Nc3ccc(F)cc3)c2)cn1.Cc1ccc(Br)cc1Nc1ccc(F)cc1.O=C(O)C(F)(F)F. The number of aromatic carboxylic acids is 2. The van der Waals surface area contributed by atoms with Crippen LogP contribution in [-0.2, 0) is 4.79 Å². The number of alkyl halides is 3. The summed E-state index contributed by atoms with van der Waals surface area (Å²) >= 11 is 3.42. The number of pyridine rings is 3. The quantitative estimate of drug-likeness (QED) is 0.0447. The van der Waals surface area contributed by atoms with Crippen LogP contribution in [0.1, 0.15) is 31.8 Å². The van der Waals surface area contributed by atoms with Gasteiger partial charge in [0.25, 0.3) is 0 Å². The van der Waals surface area contributed by atoms with Gasteiger partial charge in [-0.1, -0.05) is 46.3 Å². The summed E-state index contributed by atoms with van der Waals surface area (Å²) in [5, 5.41) is 38.5. The molecule has 0 spiro atoms. The van der Waals surface area contributed by atoms with Gasteiger partial charge in [-0.15, -0.1) is 0 Å². The monoisotopic (exact) mass is 1380 g/mol. The van der Waals surface area contributed by atoms with Crippen LogP contribution in [0.2, 0.25) is 0 Å². The molecule has 0 aliphatic rings. The fraction of sp³-hybridized carbons (Fsp3) is 0.0833. The van der Waals surface area contributed by atoms with Gasteiger partial charge in [-0.3, -0.25) is 0 Å². The molecular weight excluding hydrogens is 1320 g/mol. The van der Waals surface area contributed by atoms with Gasteiger partial charge in [0, 0.05) is 92.1 Å². The maximum Gasteiger partial charge on any atom is 0.490 e. The number of aliphatic carboxylic acids is 1. The summed E-state index contributed by atoms with van der Waals surface area (Å²) in [4.78, 5) is 44.4. The molecular formula is C72H59BrF7N7O9. The Bertz CT molecular complexity index is 4240. The zero-order valence-electron chi connectivity index (χ0n) is 51.5. The van der Waals surface area contributed by atoms with E-state index >= 15 is 0 Å². The summed E-state index contributed by atoms with van der Waals surface area (Å²) in [7, 11) is 4.67. The van der Waals surface area contributed by atoms with Gasteiger partial charge >= 0.3 is 24.1 Å². The molecule has 11 aromatic rings. The number of carboxylic acids is 3. The van der Waals surface area contributed by atoms with Gasteiger partial charge in [0.2, 0.25) is 17.6 Å². The van der Waals surface area contributed by atoms with Crippen molar-refractivity contribution in [3.63, 3.8) is 0 Å².